The number of benzene rings is 1. The normalized spacial score (nSPS) is 20.7. The molecule has 3 aliphatic heterocycles. The van der Waals surface area contributed by atoms with Gasteiger partial charge >= 0.3 is 5.69 Å². The number of rotatable bonds is 5. The van der Waals surface area contributed by atoms with Crippen molar-refractivity contribution in [1.82, 2.24) is 29.2 Å². The van der Waals surface area contributed by atoms with Crippen molar-refractivity contribution in [1.29, 1.82) is 0 Å². The molecule has 0 unspecified atom stereocenters. The molecule has 5 heterocycles. The zero-order valence-corrected chi connectivity index (χ0v) is 22.4. The molecule has 9 heteroatoms. The molecule has 0 bridgehead atoms. The van der Waals surface area contributed by atoms with Crippen molar-refractivity contribution in [3.8, 4) is 11.3 Å². The van der Waals surface area contributed by atoms with E-state index in [0.29, 0.717) is 44.6 Å². The van der Waals surface area contributed by atoms with Crippen LogP contribution in [-0.2, 0) is 24.3 Å². The molecular weight excluding hydrogens is 478 g/mol. The molecule has 2 fully saturated rings. The Hall–Kier alpha value is -3.43. The lowest BCUT2D eigenvalue weighted by Crippen LogP contribution is -2.49. The van der Waals surface area contributed by atoms with E-state index in [1.807, 2.05) is 4.57 Å². The number of carbonyl (C=O) groups is 1. The Balaban J connectivity index is 1.45. The van der Waals surface area contributed by atoms with Crippen LogP contribution in [0.15, 0.2) is 41.7 Å². The monoisotopic (exact) mass is 515 g/mol. The molecular formula is C29H37N7O2. The molecule has 1 aromatic carbocycles. The quantitative estimate of drug-likeness (QED) is 0.526. The second-order valence-corrected chi connectivity index (χ2v) is 11.0. The number of anilines is 1. The van der Waals surface area contributed by atoms with E-state index in [9.17, 15) is 9.59 Å². The standard InChI is InChI=1S/C29H37N7O2/c1-4-26(37)34-13-15-35(16-14-34)27-23-17-25(22-9-5-7-20-10-12-32(2)19-24(20)22)30-28(23)36(29(38)31-27)18-21-8-6-11-33(21)3/h4-5,7,9,17,21,30H,1,6,8,10-16,18-19H2,2-3H3/t21-/m0/s1. The van der Waals surface area contributed by atoms with Gasteiger partial charge in [0, 0.05) is 63.1 Å². The maximum atomic E-state index is 13.5. The molecule has 0 aliphatic carbocycles. The van der Waals surface area contributed by atoms with Gasteiger partial charge in [-0.25, -0.2) is 4.79 Å². The summed E-state index contributed by atoms with van der Waals surface area (Å²) in [6.45, 7) is 9.69. The van der Waals surface area contributed by atoms with Gasteiger partial charge in [0.05, 0.1) is 5.39 Å². The van der Waals surface area contributed by atoms with Crippen molar-refractivity contribution in [2.24, 2.45) is 0 Å². The molecule has 0 radical (unpaired) electrons. The fraction of sp³-hybridized carbons (Fsp3) is 0.483. The van der Waals surface area contributed by atoms with Crippen LogP contribution >= 0.6 is 0 Å². The number of amides is 1. The fourth-order valence-corrected chi connectivity index (χ4v) is 6.35. The van der Waals surface area contributed by atoms with Crippen LogP contribution in [0.3, 0.4) is 0 Å². The number of likely N-dealkylation sites (N-methyl/N-ethyl adjacent to an activating group) is 2. The second-order valence-electron chi connectivity index (χ2n) is 11.0. The highest BCUT2D eigenvalue weighted by Gasteiger charge is 2.28. The van der Waals surface area contributed by atoms with Crippen LogP contribution in [0.1, 0.15) is 24.0 Å². The smallest absolute Gasteiger partial charge is 0.351 e. The van der Waals surface area contributed by atoms with Gasteiger partial charge in [-0.3, -0.25) is 9.36 Å². The minimum Gasteiger partial charge on any atom is -0.352 e. The van der Waals surface area contributed by atoms with Gasteiger partial charge in [0.1, 0.15) is 11.5 Å². The number of hydrogen-bond donors (Lipinski definition) is 1. The first kappa shape index (κ1) is 24.9. The van der Waals surface area contributed by atoms with E-state index >= 15 is 0 Å². The lowest BCUT2D eigenvalue weighted by Gasteiger charge is -2.35. The number of H-pyrrole nitrogens is 1. The minimum atomic E-state index is -0.222. The molecule has 1 atom stereocenters. The summed E-state index contributed by atoms with van der Waals surface area (Å²) in [6.07, 6.45) is 4.64. The summed E-state index contributed by atoms with van der Waals surface area (Å²) in [5.41, 5.74) is 5.57. The van der Waals surface area contributed by atoms with E-state index < -0.39 is 0 Å². The third kappa shape index (κ3) is 4.43. The summed E-state index contributed by atoms with van der Waals surface area (Å²) >= 11 is 0. The number of aromatic nitrogens is 3. The number of nitrogens with one attached hydrogen (secondary N) is 1. The first-order chi connectivity index (χ1) is 18.4. The van der Waals surface area contributed by atoms with E-state index in [-0.39, 0.29) is 11.6 Å². The van der Waals surface area contributed by atoms with Crippen molar-refractivity contribution < 1.29 is 4.79 Å². The Bertz CT molecular complexity index is 1430. The largest absolute Gasteiger partial charge is 0.352 e. The number of aromatic amines is 1. The van der Waals surface area contributed by atoms with E-state index in [1.54, 1.807) is 4.90 Å². The molecule has 1 N–H and O–H groups in total. The Morgan fingerprint density at radius 2 is 1.97 bits per heavy atom. The molecule has 3 aromatic rings. The van der Waals surface area contributed by atoms with Crippen LogP contribution < -0.4 is 10.6 Å². The highest BCUT2D eigenvalue weighted by atomic mass is 16.2. The van der Waals surface area contributed by atoms with Crippen LogP contribution in [0, 0.1) is 0 Å². The van der Waals surface area contributed by atoms with Gasteiger partial charge in [-0.05, 0) is 63.2 Å². The van der Waals surface area contributed by atoms with Gasteiger partial charge in [-0.2, -0.15) is 4.98 Å². The Kier molecular flexibility index (Phi) is 6.57. The van der Waals surface area contributed by atoms with E-state index in [4.69, 9.17) is 0 Å². The Morgan fingerprint density at radius 3 is 2.71 bits per heavy atom. The van der Waals surface area contributed by atoms with Crippen molar-refractivity contribution in [3.63, 3.8) is 0 Å². The summed E-state index contributed by atoms with van der Waals surface area (Å²) in [4.78, 5) is 42.6. The van der Waals surface area contributed by atoms with Gasteiger partial charge in [0.15, 0.2) is 0 Å². The predicted octanol–water partition coefficient (Wildman–Crippen LogP) is 2.31. The van der Waals surface area contributed by atoms with Crippen LogP contribution in [0.2, 0.25) is 0 Å². The van der Waals surface area contributed by atoms with Crippen LogP contribution in [0.25, 0.3) is 22.3 Å². The van der Waals surface area contributed by atoms with Crippen molar-refractivity contribution in [2.75, 3.05) is 58.3 Å². The summed E-state index contributed by atoms with van der Waals surface area (Å²) < 4.78 is 1.84. The highest BCUT2D eigenvalue weighted by Crippen LogP contribution is 2.34. The average Bonchev–Trinajstić information content (AvgIpc) is 3.55. The third-order valence-corrected chi connectivity index (χ3v) is 8.62. The molecule has 6 rings (SSSR count). The minimum absolute atomic E-state index is 0.0541. The Labute approximate surface area is 223 Å². The van der Waals surface area contributed by atoms with Crippen molar-refractivity contribution >= 4 is 22.8 Å². The molecule has 0 spiro atoms. The maximum absolute atomic E-state index is 13.5. The zero-order chi connectivity index (χ0) is 26.4. The average molecular weight is 516 g/mol. The number of likely N-dealkylation sites (tertiary alicyclic amines) is 1. The van der Waals surface area contributed by atoms with Gasteiger partial charge in [-0.15, -0.1) is 0 Å². The zero-order valence-electron chi connectivity index (χ0n) is 22.4. The maximum Gasteiger partial charge on any atom is 0.351 e. The highest BCUT2D eigenvalue weighted by molar-refractivity contribution is 5.93. The van der Waals surface area contributed by atoms with Crippen molar-refractivity contribution in [2.45, 2.75) is 38.4 Å². The van der Waals surface area contributed by atoms with Crippen LogP contribution in [0.4, 0.5) is 5.82 Å². The van der Waals surface area contributed by atoms with Gasteiger partial charge in [-0.1, -0.05) is 24.8 Å². The molecule has 3 aliphatic rings. The van der Waals surface area contributed by atoms with Gasteiger partial charge in [0.2, 0.25) is 5.91 Å². The van der Waals surface area contributed by atoms with Crippen LogP contribution in [0.5, 0.6) is 0 Å². The molecule has 1 amide bonds. The van der Waals surface area contributed by atoms with E-state index in [1.165, 1.54) is 22.8 Å². The number of nitrogens with zero attached hydrogens (tertiary/aromatic N) is 6. The summed E-state index contributed by atoms with van der Waals surface area (Å²) in [7, 11) is 4.30. The molecule has 38 heavy (non-hydrogen) atoms. The number of hydrogen-bond acceptors (Lipinski definition) is 6. The number of carbonyl (C=O) groups excluding carboxylic acids is 1. The predicted molar refractivity (Wildman–Crippen MR) is 150 cm³/mol. The first-order valence-corrected chi connectivity index (χ1v) is 13.7. The first-order valence-electron chi connectivity index (χ1n) is 13.7. The van der Waals surface area contributed by atoms with Gasteiger partial charge < -0.3 is 24.6 Å². The summed E-state index contributed by atoms with van der Waals surface area (Å²) in [6, 6.07) is 9.06. The molecule has 200 valence electrons. The summed E-state index contributed by atoms with van der Waals surface area (Å²) in [5.74, 6) is 0.651. The Morgan fingerprint density at radius 1 is 1.16 bits per heavy atom. The number of piperazine rings is 1. The van der Waals surface area contributed by atoms with E-state index in [2.05, 4.69) is 69.6 Å². The summed E-state index contributed by atoms with van der Waals surface area (Å²) in [5, 5.41) is 0.963. The van der Waals surface area contributed by atoms with Crippen molar-refractivity contribution in [3.05, 3.63) is 58.5 Å². The lowest BCUT2D eigenvalue weighted by molar-refractivity contribution is -0.126. The molecule has 0 saturated carbocycles. The molecule has 2 saturated heterocycles. The SMILES string of the molecule is C=CC(=O)N1CCN(c2nc(=O)n(C[C@@H]3CCCN3C)c3[nH]c(-c4cccc5c4CN(C)CC5)cc23)CC1. The van der Waals surface area contributed by atoms with Crippen LogP contribution in [-0.4, -0.2) is 94.5 Å². The molecule has 2 aromatic heterocycles. The van der Waals surface area contributed by atoms with E-state index in [0.717, 1.165) is 55.6 Å². The third-order valence-electron chi connectivity index (χ3n) is 8.62. The second kappa shape index (κ2) is 10.0. The topological polar surface area (TPSA) is 80.7 Å². The molecule has 9 nitrogen and oxygen atoms in total. The van der Waals surface area contributed by atoms with Gasteiger partial charge in [0.25, 0.3) is 0 Å². The number of fused-ring (bicyclic) bond motifs is 2. The lowest BCUT2D eigenvalue weighted by atomic mass is 9.93. The fourth-order valence-electron chi connectivity index (χ4n) is 6.35.